The summed E-state index contributed by atoms with van der Waals surface area (Å²) < 4.78 is 5.85. The Morgan fingerprint density at radius 1 is 1.25 bits per heavy atom. The third kappa shape index (κ3) is 4.20. The lowest BCUT2D eigenvalue weighted by Gasteiger charge is -2.27. The highest BCUT2D eigenvalue weighted by molar-refractivity contribution is 5.26. The Kier molecular flexibility index (Phi) is 5.02. The van der Waals surface area contributed by atoms with Crippen molar-refractivity contribution >= 4 is 6.01 Å². The number of aromatic nitrogens is 2. The van der Waals surface area contributed by atoms with E-state index in [1.165, 1.54) is 25.7 Å². The van der Waals surface area contributed by atoms with Crippen LogP contribution in [0.1, 0.15) is 65.7 Å². The van der Waals surface area contributed by atoms with Crippen LogP contribution >= 0.6 is 0 Å². The van der Waals surface area contributed by atoms with Gasteiger partial charge in [0.15, 0.2) is 0 Å². The zero-order valence-corrected chi connectivity index (χ0v) is 13.3. The van der Waals surface area contributed by atoms with Gasteiger partial charge in [-0.05, 0) is 40.0 Å². The summed E-state index contributed by atoms with van der Waals surface area (Å²) in [6, 6.07) is 1.24. The molecule has 114 valence electrons. The summed E-state index contributed by atoms with van der Waals surface area (Å²) in [6.07, 6.45) is 6.20. The minimum absolute atomic E-state index is 0.0587. The SMILES string of the molecule is CCC1CCCCCN1c1nnc(CNC(C)(C)C)o1. The van der Waals surface area contributed by atoms with Gasteiger partial charge < -0.3 is 14.6 Å². The molecule has 1 atom stereocenters. The lowest BCUT2D eigenvalue weighted by Crippen LogP contribution is -2.35. The van der Waals surface area contributed by atoms with Crippen molar-refractivity contribution < 1.29 is 4.42 Å². The molecule has 0 bridgehead atoms. The van der Waals surface area contributed by atoms with Crippen LogP contribution < -0.4 is 10.2 Å². The van der Waals surface area contributed by atoms with Crippen LogP contribution in [0.3, 0.4) is 0 Å². The zero-order valence-electron chi connectivity index (χ0n) is 13.3. The van der Waals surface area contributed by atoms with E-state index in [2.05, 4.69) is 48.1 Å². The fourth-order valence-electron chi connectivity index (χ4n) is 2.63. The number of rotatable bonds is 4. The Labute approximate surface area is 122 Å². The molecule has 2 rings (SSSR count). The summed E-state index contributed by atoms with van der Waals surface area (Å²) in [5, 5.41) is 11.8. The Morgan fingerprint density at radius 3 is 2.75 bits per heavy atom. The lowest BCUT2D eigenvalue weighted by atomic mass is 10.1. The number of nitrogens with zero attached hydrogens (tertiary/aromatic N) is 3. The van der Waals surface area contributed by atoms with Crippen LogP contribution in [0.5, 0.6) is 0 Å². The summed E-state index contributed by atoms with van der Waals surface area (Å²) in [6.45, 7) is 10.3. The molecule has 1 saturated heterocycles. The molecule has 1 N–H and O–H groups in total. The third-order valence-electron chi connectivity index (χ3n) is 3.82. The highest BCUT2D eigenvalue weighted by Gasteiger charge is 2.24. The fraction of sp³-hybridized carbons (Fsp3) is 0.867. The van der Waals surface area contributed by atoms with E-state index in [9.17, 15) is 0 Å². The average Bonchev–Trinajstić information content (AvgIpc) is 2.72. The molecular weight excluding hydrogens is 252 g/mol. The van der Waals surface area contributed by atoms with Crippen molar-refractivity contribution in [3.05, 3.63) is 5.89 Å². The number of anilines is 1. The smallest absolute Gasteiger partial charge is 0.318 e. The van der Waals surface area contributed by atoms with Gasteiger partial charge in [-0.1, -0.05) is 24.9 Å². The van der Waals surface area contributed by atoms with Gasteiger partial charge >= 0.3 is 6.01 Å². The molecule has 1 unspecified atom stereocenters. The molecule has 1 aromatic rings. The van der Waals surface area contributed by atoms with Gasteiger partial charge in [0.25, 0.3) is 0 Å². The quantitative estimate of drug-likeness (QED) is 0.918. The van der Waals surface area contributed by atoms with Crippen molar-refractivity contribution in [2.45, 2.75) is 77.9 Å². The molecule has 5 heteroatoms. The largest absolute Gasteiger partial charge is 0.407 e. The van der Waals surface area contributed by atoms with Crippen molar-refractivity contribution in [3.8, 4) is 0 Å². The second-order valence-electron chi connectivity index (χ2n) is 6.69. The van der Waals surface area contributed by atoms with Crippen molar-refractivity contribution in [2.75, 3.05) is 11.4 Å². The van der Waals surface area contributed by atoms with Gasteiger partial charge in [0.05, 0.1) is 6.54 Å². The highest BCUT2D eigenvalue weighted by Crippen LogP contribution is 2.24. The van der Waals surface area contributed by atoms with Gasteiger partial charge in [-0.2, -0.15) is 0 Å². The normalized spacial score (nSPS) is 21.0. The van der Waals surface area contributed by atoms with Gasteiger partial charge in [0.1, 0.15) is 0 Å². The molecule has 1 aliphatic rings. The maximum atomic E-state index is 5.85. The minimum atomic E-state index is 0.0587. The average molecular weight is 280 g/mol. The monoisotopic (exact) mass is 280 g/mol. The molecular formula is C15H28N4O. The molecule has 0 radical (unpaired) electrons. The molecule has 0 amide bonds. The minimum Gasteiger partial charge on any atom is -0.407 e. The maximum Gasteiger partial charge on any atom is 0.318 e. The molecule has 0 aliphatic carbocycles. The zero-order chi connectivity index (χ0) is 14.6. The first kappa shape index (κ1) is 15.3. The van der Waals surface area contributed by atoms with Crippen molar-refractivity contribution in [1.29, 1.82) is 0 Å². The summed E-state index contributed by atoms with van der Waals surface area (Å²) in [7, 11) is 0. The Hall–Kier alpha value is -1.10. The molecule has 0 saturated carbocycles. The third-order valence-corrected chi connectivity index (χ3v) is 3.82. The van der Waals surface area contributed by atoms with Gasteiger partial charge in [0.2, 0.25) is 5.89 Å². The fourth-order valence-corrected chi connectivity index (χ4v) is 2.63. The van der Waals surface area contributed by atoms with Crippen LogP contribution in [-0.2, 0) is 6.54 Å². The molecule has 0 spiro atoms. The summed E-state index contributed by atoms with van der Waals surface area (Å²) in [5.74, 6) is 0.675. The molecule has 1 aromatic heterocycles. The summed E-state index contributed by atoms with van der Waals surface area (Å²) in [4.78, 5) is 2.31. The van der Waals surface area contributed by atoms with Crippen LogP contribution in [0, 0.1) is 0 Å². The topological polar surface area (TPSA) is 54.2 Å². The number of hydrogen-bond donors (Lipinski definition) is 1. The van der Waals surface area contributed by atoms with Crippen molar-refractivity contribution in [2.24, 2.45) is 0 Å². The Bertz CT molecular complexity index is 410. The van der Waals surface area contributed by atoms with Crippen LogP contribution in [0.25, 0.3) is 0 Å². The summed E-state index contributed by atoms with van der Waals surface area (Å²) >= 11 is 0. The van der Waals surface area contributed by atoms with Gasteiger partial charge in [-0.25, -0.2) is 0 Å². The van der Waals surface area contributed by atoms with E-state index >= 15 is 0 Å². The second kappa shape index (κ2) is 6.57. The molecule has 5 nitrogen and oxygen atoms in total. The first-order chi connectivity index (χ1) is 9.49. The van der Waals surface area contributed by atoms with E-state index in [-0.39, 0.29) is 5.54 Å². The lowest BCUT2D eigenvalue weighted by molar-refractivity contribution is 0.377. The number of nitrogens with one attached hydrogen (secondary N) is 1. The van der Waals surface area contributed by atoms with Crippen LogP contribution in [-0.4, -0.2) is 28.3 Å². The maximum absolute atomic E-state index is 5.85. The van der Waals surface area contributed by atoms with E-state index in [0.29, 0.717) is 24.5 Å². The van der Waals surface area contributed by atoms with Crippen LogP contribution in [0.2, 0.25) is 0 Å². The molecule has 0 aromatic carbocycles. The first-order valence-corrected chi connectivity index (χ1v) is 7.83. The molecule has 1 aliphatic heterocycles. The van der Waals surface area contributed by atoms with E-state index < -0.39 is 0 Å². The molecule has 20 heavy (non-hydrogen) atoms. The number of hydrogen-bond acceptors (Lipinski definition) is 5. The van der Waals surface area contributed by atoms with E-state index in [1.807, 2.05) is 0 Å². The van der Waals surface area contributed by atoms with Gasteiger partial charge in [-0.15, -0.1) is 5.10 Å². The second-order valence-corrected chi connectivity index (χ2v) is 6.69. The van der Waals surface area contributed by atoms with Crippen molar-refractivity contribution in [1.82, 2.24) is 15.5 Å². The standard InChI is InChI=1S/C15H28N4O/c1-5-12-9-7-6-8-10-19(12)14-18-17-13(20-14)11-16-15(2,3)4/h12,16H,5-11H2,1-4H3. The predicted molar refractivity (Wildman–Crippen MR) is 80.8 cm³/mol. The van der Waals surface area contributed by atoms with Gasteiger partial charge in [0, 0.05) is 18.1 Å². The van der Waals surface area contributed by atoms with Gasteiger partial charge in [-0.3, -0.25) is 0 Å². The van der Waals surface area contributed by atoms with Crippen LogP contribution in [0.4, 0.5) is 6.01 Å². The Morgan fingerprint density at radius 2 is 2.05 bits per heavy atom. The first-order valence-electron chi connectivity index (χ1n) is 7.83. The van der Waals surface area contributed by atoms with E-state index in [1.54, 1.807) is 0 Å². The van der Waals surface area contributed by atoms with Crippen molar-refractivity contribution in [3.63, 3.8) is 0 Å². The Balaban J connectivity index is 2.02. The van der Waals surface area contributed by atoms with E-state index in [4.69, 9.17) is 4.42 Å². The summed E-state index contributed by atoms with van der Waals surface area (Å²) in [5.41, 5.74) is 0.0587. The predicted octanol–water partition coefficient (Wildman–Crippen LogP) is 3.12. The molecule has 1 fully saturated rings. The highest BCUT2D eigenvalue weighted by atomic mass is 16.4. The van der Waals surface area contributed by atoms with E-state index in [0.717, 1.165) is 13.0 Å². The van der Waals surface area contributed by atoms with Crippen LogP contribution in [0.15, 0.2) is 4.42 Å². The molecule has 2 heterocycles.